The Hall–Kier alpha value is -2.80. The Morgan fingerprint density at radius 1 is 1.03 bits per heavy atom. The van der Waals surface area contributed by atoms with E-state index in [1.165, 1.54) is 43.9 Å². The number of carbonyl (C=O) groups excluding carboxylic acids is 1. The Bertz CT molecular complexity index is 1040. The zero-order chi connectivity index (χ0) is 23.2. The molecule has 0 unspecified atom stereocenters. The second-order valence-electron chi connectivity index (χ2n) is 8.88. The van der Waals surface area contributed by atoms with E-state index in [4.69, 9.17) is 0 Å². The first-order valence-electron chi connectivity index (χ1n) is 11.8. The molecule has 33 heavy (non-hydrogen) atoms. The van der Waals surface area contributed by atoms with Crippen molar-refractivity contribution in [1.29, 1.82) is 0 Å². The fourth-order valence-electron chi connectivity index (χ4n) is 4.53. The number of nitrogens with zero attached hydrogens (tertiary/aromatic N) is 4. The maximum atomic E-state index is 13.3. The Morgan fingerprint density at radius 3 is 2.36 bits per heavy atom. The molecule has 7 heteroatoms. The zero-order valence-corrected chi connectivity index (χ0v) is 20.5. The van der Waals surface area contributed by atoms with Crippen LogP contribution in [-0.4, -0.2) is 32.5 Å². The van der Waals surface area contributed by atoms with Gasteiger partial charge in [0.2, 0.25) is 5.91 Å². The number of rotatable bonds is 8. The number of anilines is 3. The van der Waals surface area contributed by atoms with Crippen LogP contribution < -0.4 is 10.2 Å². The molecule has 0 aliphatic heterocycles. The average molecular weight is 464 g/mol. The number of nitrogens with one attached hydrogen (secondary N) is 1. The van der Waals surface area contributed by atoms with Gasteiger partial charge < -0.3 is 14.8 Å². The maximum absolute atomic E-state index is 13.3. The van der Waals surface area contributed by atoms with Crippen LogP contribution in [0.1, 0.15) is 57.8 Å². The smallest absolute Gasteiger partial charge is 0.237 e. The number of aryl methyl sites for hydroxylation is 1. The molecule has 1 fully saturated rings. The third-order valence-electron chi connectivity index (χ3n) is 6.09. The van der Waals surface area contributed by atoms with Gasteiger partial charge in [-0.2, -0.15) is 0 Å². The zero-order valence-electron chi connectivity index (χ0n) is 19.7. The second kappa shape index (κ2) is 10.9. The first kappa shape index (κ1) is 23.4. The van der Waals surface area contributed by atoms with Crippen LogP contribution in [0.2, 0.25) is 0 Å². The van der Waals surface area contributed by atoms with Crippen molar-refractivity contribution in [2.75, 3.05) is 16.0 Å². The minimum atomic E-state index is 0.0592. The van der Waals surface area contributed by atoms with Crippen LogP contribution in [0.3, 0.4) is 0 Å². The summed E-state index contributed by atoms with van der Waals surface area (Å²) < 4.78 is 2.25. The van der Waals surface area contributed by atoms with E-state index >= 15 is 0 Å². The summed E-state index contributed by atoms with van der Waals surface area (Å²) >= 11 is 1.50. The van der Waals surface area contributed by atoms with E-state index in [9.17, 15) is 4.79 Å². The Balaban J connectivity index is 1.43. The number of aromatic nitrogens is 3. The lowest BCUT2D eigenvalue weighted by Gasteiger charge is -2.28. The fraction of sp³-hybridized carbons (Fsp3) is 0.423. The number of hydrogen-bond acceptors (Lipinski definition) is 5. The standard InChI is InChI=1S/C26H33N5OS/c1-19(2)30(24-16-14-22(15-17-24)27-21-10-6-4-7-11-21)25(32)18-33-26-29-28-20(3)31(26)23-12-8-5-9-13-23/h4,6-7,10-11,14-17,19,23,27H,5,8-9,12-13,18H2,1-3H3. The molecule has 4 rings (SSSR count). The van der Waals surface area contributed by atoms with Gasteiger partial charge in [-0.3, -0.25) is 4.79 Å². The van der Waals surface area contributed by atoms with Crippen LogP contribution in [0.25, 0.3) is 0 Å². The van der Waals surface area contributed by atoms with Crippen LogP contribution in [0.15, 0.2) is 59.8 Å². The van der Waals surface area contributed by atoms with Crippen LogP contribution in [0.5, 0.6) is 0 Å². The third kappa shape index (κ3) is 5.77. The Morgan fingerprint density at radius 2 is 1.70 bits per heavy atom. The van der Waals surface area contributed by atoms with Gasteiger partial charge in [0.05, 0.1) is 5.75 Å². The molecule has 1 aromatic heterocycles. The Kier molecular flexibility index (Phi) is 7.70. The van der Waals surface area contributed by atoms with Gasteiger partial charge in [0.1, 0.15) is 5.82 Å². The molecule has 1 aliphatic rings. The Labute approximate surface area is 200 Å². The first-order chi connectivity index (χ1) is 16.0. The van der Waals surface area contributed by atoms with Gasteiger partial charge in [-0.15, -0.1) is 10.2 Å². The van der Waals surface area contributed by atoms with E-state index < -0.39 is 0 Å². The second-order valence-corrected chi connectivity index (χ2v) is 9.82. The highest BCUT2D eigenvalue weighted by atomic mass is 32.2. The van der Waals surface area contributed by atoms with Crippen molar-refractivity contribution in [2.24, 2.45) is 0 Å². The van der Waals surface area contributed by atoms with E-state index in [1.54, 1.807) is 0 Å². The highest BCUT2D eigenvalue weighted by Crippen LogP contribution is 2.33. The minimum absolute atomic E-state index is 0.0592. The van der Waals surface area contributed by atoms with Crippen molar-refractivity contribution in [3.8, 4) is 0 Å². The summed E-state index contributed by atoms with van der Waals surface area (Å²) in [6.45, 7) is 6.11. The molecule has 1 amide bonds. The fourth-order valence-corrected chi connectivity index (χ4v) is 5.44. The van der Waals surface area contributed by atoms with Crippen LogP contribution in [-0.2, 0) is 4.79 Å². The van der Waals surface area contributed by atoms with Gasteiger partial charge in [-0.25, -0.2) is 0 Å². The molecule has 1 N–H and O–H groups in total. The van der Waals surface area contributed by atoms with Crippen LogP contribution in [0, 0.1) is 6.92 Å². The third-order valence-corrected chi connectivity index (χ3v) is 7.02. The molecule has 6 nitrogen and oxygen atoms in total. The molecule has 0 radical (unpaired) electrons. The molecule has 0 bridgehead atoms. The predicted octanol–water partition coefficient (Wildman–Crippen LogP) is 6.37. The van der Waals surface area contributed by atoms with E-state index in [1.807, 2.05) is 80.3 Å². The molecule has 3 aromatic rings. The van der Waals surface area contributed by atoms with E-state index in [0.29, 0.717) is 11.8 Å². The average Bonchev–Trinajstić information content (AvgIpc) is 3.20. The van der Waals surface area contributed by atoms with E-state index in [2.05, 4.69) is 20.1 Å². The van der Waals surface area contributed by atoms with Gasteiger partial charge in [-0.1, -0.05) is 49.2 Å². The molecular weight excluding hydrogens is 430 g/mol. The van der Waals surface area contributed by atoms with E-state index in [-0.39, 0.29) is 11.9 Å². The molecule has 174 valence electrons. The normalized spacial score (nSPS) is 14.4. The van der Waals surface area contributed by atoms with Crippen molar-refractivity contribution in [2.45, 2.75) is 70.1 Å². The summed E-state index contributed by atoms with van der Waals surface area (Å²) in [5.41, 5.74) is 2.93. The van der Waals surface area contributed by atoms with Crippen molar-refractivity contribution >= 4 is 34.7 Å². The summed E-state index contributed by atoms with van der Waals surface area (Å²) in [5.74, 6) is 1.36. The molecular formula is C26H33N5OS. The van der Waals surface area contributed by atoms with Gasteiger partial charge in [0.15, 0.2) is 5.16 Å². The number of para-hydroxylation sites is 1. The summed E-state index contributed by atoms with van der Waals surface area (Å²) in [7, 11) is 0. The highest BCUT2D eigenvalue weighted by molar-refractivity contribution is 7.99. The summed E-state index contributed by atoms with van der Waals surface area (Å²) in [6.07, 6.45) is 6.15. The topological polar surface area (TPSA) is 63.1 Å². The van der Waals surface area contributed by atoms with Gasteiger partial charge in [0.25, 0.3) is 0 Å². The van der Waals surface area contributed by atoms with Crippen molar-refractivity contribution in [3.63, 3.8) is 0 Å². The van der Waals surface area contributed by atoms with Gasteiger partial charge in [0, 0.05) is 29.1 Å². The van der Waals surface area contributed by atoms with Crippen LogP contribution in [0.4, 0.5) is 17.1 Å². The van der Waals surface area contributed by atoms with Gasteiger partial charge >= 0.3 is 0 Å². The quantitative estimate of drug-likeness (QED) is 0.393. The van der Waals surface area contributed by atoms with Gasteiger partial charge in [-0.05, 0) is 70.0 Å². The SMILES string of the molecule is Cc1nnc(SCC(=O)N(c2ccc(Nc3ccccc3)cc2)C(C)C)n1C1CCCCC1. The molecule has 2 aromatic carbocycles. The van der Waals surface area contributed by atoms with Crippen molar-refractivity contribution in [3.05, 3.63) is 60.4 Å². The number of carbonyl (C=O) groups is 1. The molecule has 0 atom stereocenters. The molecule has 1 aliphatic carbocycles. The molecule has 0 spiro atoms. The lowest BCUT2D eigenvalue weighted by atomic mass is 9.95. The van der Waals surface area contributed by atoms with Crippen molar-refractivity contribution < 1.29 is 4.79 Å². The molecule has 0 saturated heterocycles. The number of benzene rings is 2. The number of amides is 1. The van der Waals surface area contributed by atoms with Crippen LogP contribution >= 0.6 is 11.8 Å². The lowest BCUT2D eigenvalue weighted by Crippen LogP contribution is -2.38. The highest BCUT2D eigenvalue weighted by Gasteiger charge is 2.24. The largest absolute Gasteiger partial charge is 0.356 e. The summed E-state index contributed by atoms with van der Waals surface area (Å²) in [5, 5.41) is 12.9. The van der Waals surface area contributed by atoms with Crippen molar-refractivity contribution in [1.82, 2.24) is 14.8 Å². The summed E-state index contributed by atoms with van der Waals surface area (Å²) in [6, 6.07) is 18.6. The monoisotopic (exact) mass is 463 g/mol. The number of thioether (sulfide) groups is 1. The first-order valence-corrected chi connectivity index (χ1v) is 12.8. The minimum Gasteiger partial charge on any atom is -0.356 e. The predicted molar refractivity (Wildman–Crippen MR) is 136 cm³/mol. The lowest BCUT2D eigenvalue weighted by molar-refractivity contribution is -0.116. The number of hydrogen-bond donors (Lipinski definition) is 1. The molecule has 1 heterocycles. The maximum Gasteiger partial charge on any atom is 0.237 e. The molecule has 1 saturated carbocycles. The summed E-state index contributed by atoms with van der Waals surface area (Å²) in [4.78, 5) is 15.1. The van der Waals surface area contributed by atoms with E-state index in [0.717, 1.165) is 28.0 Å².